The van der Waals surface area contributed by atoms with Gasteiger partial charge in [0, 0.05) is 44.0 Å². The average Bonchev–Trinajstić information content (AvgIpc) is 3.53. The molecule has 3 aromatic rings. The third-order valence-corrected chi connectivity index (χ3v) is 10.3. The number of carbonyl (C=O) groups is 1. The van der Waals surface area contributed by atoms with Crippen molar-refractivity contribution in [2.45, 2.75) is 30.7 Å². The summed E-state index contributed by atoms with van der Waals surface area (Å²) in [5.74, 6) is 1.18. The van der Waals surface area contributed by atoms with Gasteiger partial charge in [0.05, 0.1) is 36.5 Å². The number of hydrogen-bond acceptors (Lipinski definition) is 8. The molecule has 5 rings (SSSR count). The number of amides is 1. The standard InChI is InChI=1S/C34H43N3O6S/c1-2-44(40,41)32-13-7-28(8-14-32)33(25-38)35-34(39)29-5-9-30(10-6-29)37-16-15-27(24-37)23-26-3-11-31(12-4-26)43-22-19-36-17-20-42-21-18-36/h3-14,27,33,38H,2,15-25H2,1H3,(H,35,39)/t27-,33?/m1/s1. The van der Waals surface area contributed by atoms with Gasteiger partial charge in [0.1, 0.15) is 12.4 Å². The van der Waals surface area contributed by atoms with Crippen LogP contribution in [0, 0.1) is 5.92 Å². The molecule has 2 fully saturated rings. The number of anilines is 1. The molecule has 0 saturated carbocycles. The highest BCUT2D eigenvalue weighted by molar-refractivity contribution is 7.91. The van der Waals surface area contributed by atoms with E-state index >= 15 is 0 Å². The highest BCUT2D eigenvalue weighted by Crippen LogP contribution is 2.27. The van der Waals surface area contributed by atoms with Gasteiger partial charge in [-0.3, -0.25) is 9.69 Å². The number of nitrogens with zero attached hydrogens (tertiary/aromatic N) is 2. The fourth-order valence-electron chi connectivity index (χ4n) is 5.78. The number of hydrogen-bond donors (Lipinski definition) is 2. The van der Waals surface area contributed by atoms with E-state index in [9.17, 15) is 18.3 Å². The van der Waals surface area contributed by atoms with Crippen LogP contribution in [0.15, 0.2) is 77.7 Å². The summed E-state index contributed by atoms with van der Waals surface area (Å²) in [5.41, 5.74) is 3.53. The maximum atomic E-state index is 13.0. The summed E-state index contributed by atoms with van der Waals surface area (Å²) in [5, 5.41) is 12.8. The summed E-state index contributed by atoms with van der Waals surface area (Å²) in [6.07, 6.45) is 2.12. The second-order valence-corrected chi connectivity index (χ2v) is 13.8. The van der Waals surface area contributed by atoms with Gasteiger partial charge in [-0.2, -0.15) is 0 Å². The summed E-state index contributed by atoms with van der Waals surface area (Å²) in [7, 11) is -3.31. The predicted molar refractivity (Wildman–Crippen MR) is 171 cm³/mol. The van der Waals surface area contributed by atoms with Gasteiger partial charge in [-0.15, -0.1) is 0 Å². The lowest BCUT2D eigenvalue weighted by atomic mass is 9.99. The molecule has 0 bridgehead atoms. The Bertz CT molecular complexity index is 1460. The van der Waals surface area contributed by atoms with E-state index in [0.717, 1.165) is 70.2 Å². The van der Waals surface area contributed by atoms with E-state index in [4.69, 9.17) is 9.47 Å². The van der Waals surface area contributed by atoms with E-state index < -0.39 is 15.9 Å². The lowest BCUT2D eigenvalue weighted by Gasteiger charge is -2.26. The Hall–Kier alpha value is -3.44. The number of ether oxygens (including phenoxy) is 2. The molecule has 44 heavy (non-hydrogen) atoms. The van der Waals surface area contributed by atoms with Crippen molar-refractivity contribution in [2.24, 2.45) is 5.92 Å². The molecule has 3 aromatic carbocycles. The Morgan fingerprint density at radius 1 is 1.00 bits per heavy atom. The number of aliphatic hydroxyl groups is 1. The molecular formula is C34H43N3O6S. The highest BCUT2D eigenvalue weighted by atomic mass is 32.2. The first kappa shape index (κ1) is 32.0. The summed E-state index contributed by atoms with van der Waals surface area (Å²) < 4.78 is 35.5. The van der Waals surface area contributed by atoms with Gasteiger partial charge in [0.2, 0.25) is 0 Å². The third kappa shape index (κ3) is 8.38. The van der Waals surface area contributed by atoms with Crippen molar-refractivity contribution >= 4 is 21.4 Å². The molecule has 236 valence electrons. The predicted octanol–water partition coefficient (Wildman–Crippen LogP) is 3.72. The Kier molecular flexibility index (Phi) is 10.9. The zero-order valence-corrected chi connectivity index (χ0v) is 26.2. The van der Waals surface area contributed by atoms with Crippen molar-refractivity contribution in [3.05, 3.63) is 89.5 Å². The van der Waals surface area contributed by atoms with E-state index in [1.54, 1.807) is 31.2 Å². The van der Waals surface area contributed by atoms with E-state index in [-0.39, 0.29) is 23.2 Å². The van der Waals surface area contributed by atoms with Crippen LogP contribution in [0.2, 0.25) is 0 Å². The van der Waals surface area contributed by atoms with E-state index in [1.807, 2.05) is 12.1 Å². The van der Waals surface area contributed by atoms with Crippen molar-refractivity contribution in [1.29, 1.82) is 0 Å². The molecule has 0 radical (unpaired) electrons. The first-order chi connectivity index (χ1) is 21.3. The van der Waals surface area contributed by atoms with Gasteiger partial charge in [-0.05, 0) is 78.4 Å². The van der Waals surface area contributed by atoms with Crippen molar-refractivity contribution in [2.75, 3.05) is 69.8 Å². The Labute approximate surface area is 260 Å². The number of morpholine rings is 1. The van der Waals surface area contributed by atoms with Crippen LogP contribution in [0.25, 0.3) is 0 Å². The summed E-state index contributed by atoms with van der Waals surface area (Å²) in [4.78, 5) is 17.9. The van der Waals surface area contributed by atoms with Gasteiger partial charge < -0.3 is 24.8 Å². The normalized spacial score (nSPS) is 18.2. The Morgan fingerprint density at radius 2 is 1.70 bits per heavy atom. The number of benzene rings is 3. The van der Waals surface area contributed by atoms with Crippen LogP contribution >= 0.6 is 0 Å². The van der Waals surface area contributed by atoms with Crippen LogP contribution in [0.5, 0.6) is 5.75 Å². The van der Waals surface area contributed by atoms with Crippen LogP contribution in [-0.2, 0) is 21.0 Å². The number of nitrogens with one attached hydrogen (secondary N) is 1. The summed E-state index contributed by atoms with van der Waals surface area (Å²) in [6.45, 7) is 8.36. The molecule has 10 heteroatoms. The SMILES string of the molecule is CCS(=O)(=O)c1ccc(C(CO)NC(=O)c2ccc(N3CC[C@H](Cc4ccc(OCCN5CCOCC5)cc4)C3)cc2)cc1. The molecule has 0 spiro atoms. The fraction of sp³-hybridized carbons (Fsp3) is 0.441. The maximum Gasteiger partial charge on any atom is 0.251 e. The van der Waals surface area contributed by atoms with Gasteiger partial charge in [-0.1, -0.05) is 31.2 Å². The zero-order valence-electron chi connectivity index (χ0n) is 25.4. The van der Waals surface area contributed by atoms with Gasteiger partial charge in [0.25, 0.3) is 5.91 Å². The first-order valence-corrected chi connectivity index (χ1v) is 17.1. The van der Waals surface area contributed by atoms with Gasteiger partial charge in [-0.25, -0.2) is 8.42 Å². The fourth-order valence-corrected chi connectivity index (χ4v) is 6.66. The molecule has 1 unspecified atom stereocenters. The lowest BCUT2D eigenvalue weighted by Crippen LogP contribution is -2.38. The first-order valence-electron chi connectivity index (χ1n) is 15.5. The van der Waals surface area contributed by atoms with Crippen LogP contribution in [0.4, 0.5) is 5.69 Å². The molecule has 9 nitrogen and oxygen atoms in total. The van der Waals surface area contributed by atoms with Crippen LogP contribution < -0.4 is 15.0 Å². The molecule has 1 amide bonds. The third-order valence-electron chi connectivity index (χ3n) is 8.52. The lowest BCUT2D eigenvalue weighted by molar-refractivity contribution is 0.0322. The topological polar surface area (TPSA) is 108 Å². The average molecular weight is 622 g/mol. The number of rotatable bonds is 13. The molecule has 2 aliphatic heterocycles. The second kappa shape index (κ2) is 15.0. The molecule has 0 aliphatic carbocycles. The number of sulfone groups is 1. The van der Waals surface area contributed by atoms with Gasteiger partial charge >= 0.3 is 0 Å². The van der Waals surface area contributed by atoms with Gasteiger partial charge in [0.15, 0.2) is 9.84 Å². The molecule has 2 heterocycles. The smallest absolute Gasteiger partial charge is 0.251 e. The molecule has 2 aliphatic rings. The summed E-state index contributed by atoms with van der Waals surface area (Å²) in [6, 6.07) is 21.7. The maximum absolute atomic E-state index is 13.0. The molecule has 2 atom stereocenters. The molecular weight excluding hydrogens is 578 g/mol. The largest absolute Gasteiger partial charge is 0.492 e. The minimum Gasteiger partial charge on any atom is -0.492 e. The minimum atomic E-state index is -3.31. The molecule has 0 aromatic heterocycles. The van der Waals surface area contributed by atoms with Crippen LogP contribution in [-0.4, -0.2) is 89.2 Å². The van der Waals surface area contributed by atoms with Crippen LogP contribution in [0.3, 0.4) is 0 Å². The number of aliphatic hydroxyl groups excluding tert-OH is 1. The molecule has 2 N–H and O–H groups in total. The number of carbonyl (C=O) groups excluding carboxylic acids is 1. The monoisotopic (exact) mass is 621 g/mol. The second-order valence-electron chi connectivity index (χ2n) is 11.5. The van der Waals surface area contributed by atoms with E-state index in [1.165, 1.54) is 17.7 Å². The zero-order chi connectivity index (χ0) is 30.9. The van der Waals surface area contributed by atoms with Crippen molar-refractivity contribution in [3.8, 4) is 5.75 Å². The quantitative estimate of drug-likeness (QED) is 0.298. The van der Waals surface area contributed by atoms with Crippen molar-refractivity contribution in [1.82, 2.24) is 10.2 Å². The van der Waals surface area contributed by atoms with Crippen molar-refractivity contribution in [3.63, 3.8) is 0 Å². The minimum absolute atomic E-state index is 0.0147. The Morgan fingerprint density at radius 3 is 2.36 bits per heavy atom. The van der Waals surface area contributed by atoms with E-state index in [2.05, 4.69) is 39.4 Å². The van der Waals surface area contributed by atoms with Crippen LogP contribution in [0.1, 0.15) is 40.9 Å². The molecule has 2 saturated heterocycles. The highest BCUT2D eigenvalue weighted by Gasteiger charge is 2.24. The Balaban J connectivity index is 1.08. The van der Waals surface area contributed by atoms with Crippen molar-refractivity contribution < 1.29 is 27.8 Å². The summed E-state index contributed by atoms with van der Waals surface area (Å²) >= 11 is 0. The van der Waals surface area contributed by atoms with E-state index in [0.29, 0.717) is 23.7 Å².